The van der Waals surface area contributed by atoms with E-state index in [1.807, 2.05) is 11.8 Å². The summed E-state index contributed by atoms with van der Waals surface area (Å²) in [6.45, 7) is 6.29. The summed E-state index contributed by atoms with van der Waals surface area (Å²) >= 11 is 0. The topological polar surface area (TPSA) is 101 Å². The van der Waals surface area contributed by atoms with Gasteiger partial charge in [-0.25, -0.2) is 0 Å². The maximum Gasteiger partial charge on any atom is 0.317 e. The van der Waals surface area contributed by atoms with Gasteiger partial charge in [-0.05, 0) is 13.8 Å². The molecule has 2 N–H and O–H groups in total. The van der Waals surface area contributed by atoms with Crippen molar-refractivity contribution in [3.8, 4) is 0 Å². The molecule has 0 amide bonds. The second-order valence-electron chi connectivity index (χ2n) is 5.82. The van der Waals surface area contributed by atoms with Gasteiger partial charge in [0, 0.05) is 38.8 Å². The van der Waals surface area contributed by atoms with E-state index < -0.39 is 11.9 Å². The molecule has 0 saturated carbocycles. The van der Waals surface area contributed by atoms with Crippen molar-refractivity contribution in [2.24, 2.45) is 0 Å². The molecule has 22 heavy (non-hydrogen) atoms. The lowest BCUT2D eigenvalue weighted by Crippen LogP contribution is -2.46. The number of nitrogens with zero attached hydrogens (tertiary/aromatic N) is 3. The van der Waals surface area contributed by atoms with Crippen LogP contribution in [0.4, 0.5) is 0 Å². The number of carboxylic acid groups (broad SMARTS) is 2. The molecule has 0 aliphatic carbocycles. The number of hydrogen-bond acceptors (Lipinski definition) is 6. The van der Waals surface area contributed by atoms with Gasteiger partial charge in [0.2, 0.25) is 0 Å². The first-order chi connectivity index (χ1) is 10.3. The van der Waals surface area contributed by atoms with E-state index in [0.29, 0.717) is 39.3 Å². The van der Waals surface area contributed by atoms with E-state index in [1.165, 1.54) is 6.92 Å². The predicted octanol–water partition coefficient (Wildman–Crippen LogP) is -0.947. The molecule has 0 radical (unpaired) electrons. The Hall–Kier alpha value is -1.51. The Morgan fingerprint density at radius 3 is 1.95 bits per heavy atom. The molecule has 0 aromatic heterocycles. The zero-order valence-corrected chi connectivity index (χ0v) is 13.2. The van der Waals surface area contributed by atoms with Gasteiger partial charge in [-0.3, -0.25) is 29.1 Å². The Bertz CT molecular complexity index is 415. The second kappa shape index (κ2) is 8.82. The van der Waals surface area contributed by atoms with Gasteiger partial charge in [0.15, 0.2) is 0 Å². The molecule has 0 bridgehead atoms. The molecule has 1 saturated heterocycles. The third-order valence-corrected chi connectivity index (χ3v) is 3.73. The highest BCUT2D eigenvalue weighted by atomic mass is 16.4. The van der Waals surface area contributed by atoms with E-state index in [0.717, 1.165) is 0 Å². The highest BCUT2D eigenvalue weighted by molar-refractivity contribution is 5.77. The van der Waals surface area contributed by atoms with Crippen LogP contribution in [0.25, 0.3) is 0 Å². The standard InChI is InChI=1S/C14H25N3O5/c1-11-7-16(10-14(21)22)4-3-15(9-13(19)20)5-6-17(11)8-12(2)18/h11H,3-10H2,1-2H3,(H,19,20)(H,21,22)/t11-/m0/s1. The van der Waals surface area contributed by atoms with Crippen LogP contribution in [0.5, 0.6) is 0 Å². The third kappa shape index (κ3) is 6.97. The summed E-state index contributed by atoms with van der Waals surface area (Å²) in [7, 11) is 0. The maximum atomic E-state index is 11.4. The lowest BCUT2D eigenvalue weighted by Gasteiger charge is -2.30. The van der Waals surface area contributed by atoms with Crippen molar-refractivity contribution in [3.05, 3.63) is 0 Å². The zero-order chi connectivity index (χ0) is 16.7. The van der Waals surface area contributed by atoms with Gasteiger partial charge in [-0.2, -0.15) is 0 Å². The Morgan fingerprint density at radius 2 is 1.41 bits per heavy atom. The molecule has 1 rings (SSSR count). The number of hydrogen-bond donors (Lipinski definition) is 2. The van der Waals surface area contributed by atoms with Crippen LogP contribution >= 0.6 is 0 Å². The minimum atomic E-state index is -0.908. The summed E-state index contributed by atoms with van der Waals surface area (Å²) in [6.07, 6.45) is 0. The van der Waals surface area contributed by atoms with Gasteiger partial charge in [-0.15, -0.1) is 0 Å². The molecule has 0 spiro atoms. The maximum absolute atomic E-state index is 11.4. The number of Topliss-reactive ketones (excluding diaryl/α,β-unsaturated/α-hetero) is 1. The van der Waals surface area contributed by atoms with Crippen LogP contribution < -0.4 is 0 Å². The fourth-order valence-corrected chi connectivity index (χ4v) is 2.67. The summed E-state index contributed by atoms with van der Waals surface area (Å²) < 4.78 is 0. The molecule has 0 unspecified atom stereocenters. The smallest absolute Gasteiger partial charge is 0.317 e. The summed E-state index contributed by atoms with van der Waals surface area (Å²) in [5.41, 5.74) is 0. The van der Waals surface area contributed by atoms with E-state index in [-0.39, 0.29) is 24.9 Å². The van der Waals surface area contributed by atoms with Crippen LogP contribution in [0.1, 0.15) is 13.8 Å². The lowest BCUT2D eigenvalue weighted by molar-refractivity contribution is -0.140. The van der Waals surface area contributed by atoms with Gasteiger partial charge in [-0.1, -0.05) is 0 Å². The average Bonchev–Trinajstić information content (AvgIpc) is 2.42. The number of carbonyl (C=O) groups excluding carboxylic acids is 1. The van der Waals surface area contributed by atoms with E-state index in [1.54, 1.807) is 9.80 Å². The Balaban J connectivity index is 2.81. The summed E-state index contributed by atoms with van der Waals surface area (Å²) in [6, 6.07) is 0.0352. The van der Waals surface area contributed by atoms with Gasteiger partial charge in [0.1, 0.15) is 5.78 Å². The number of carboxylic acids is 2. The van der Waals surface area contributed by atoms with E-state index in [2.05, 4.69) is 0 Å². The largest absolute Gasteiger partial charge is 0.480 e. The van der Waals surface area contributed by atoms with Crippen molar-refractivity contribution in [3.63, 3.8) is 0 Å². The molecule has 8 heteroatoms. The fourth-order valence-electron chi connectivity index (χ4n) is 2.67. The van der Waals surface area contributed by atoms with Gasteiger partial charge >= 0.3 is 11.9 Å². The minimum Gasteiger partial charge on any atom is -0.480 e. The molecule has 0 aromatic carbocycles. The molecule has 0 aromatic rings. The van der Waals surface area contributed by atoms with E-state index in [9.17, 15) is 14.4 Å². The number of ketones is 1. The molecular weight excluding hydrogens is 290 g/mol. The van der Waals surface area contributed by atoms with Gasteiger partial charge in [0.25, 0.3) is 0 Å². The lowest BCUT2D eigenvalue weighted by atomic mass is 10.2. The zero-order valence-electron chi connectivity index (χ0n) is 13.2. The average molecular weight is 315 g/mol. The number of rotatable bonds is 6. The molecule has 1 aliphatic rings. The van der Waals surface area contributed by atoms with Crippen LogP contribution in [0.2, 0.25) is 0 Å². The van der Waals surface area contributed by atoms with Crippen molar-refractivity contribution in [1.29, 1.82) is 0 Å². The molecule has 8 nitrogen and oxygen atoms in total. The normalized spacial score (nSPS) is 22.5. The van der Waals surface area contributed by atoms with E-state index >= 15 is 0 Å². The number of aliphatic carboxylic acids is 2. The van der Waals surface area contributed by atoms with E-state index in [4.69, 9.17) is 10.2 Å². The van der Waals surface area contributed by atoms with Crippen LogP contribution in [0.15, 0.2) is 0 Å². The van der Waals surface area contributed by atoms with Crippen molar-refractivity contribution in [2.75, 3.05) is 52.4 Å². The monoisotopic (exact) mass is 315 g/mol. The molecule has 1 fully saturated rings. The SMILES string of the molecule is CC(=O)CN1CCN(CC(=O)O)CCN(CC(=O)O)C[C@@H]1C. The Labute approximate surface area is 130 Å². The predicted molar refractivity (Wildman–Crippen MR) is 79.9 cm³/mol. The Morgan fingerprint density at radius 1 is 0.909 bits per heavy atom. The van der Waals surface area contributed by atoms with Gasteiger partial charge < -0.3 is 10.2 Å². The number of carbonyl (C=O) groups is 3. The summed E-state index contributed by atoms with van der Waals surface area (Å²) in [5.74, 6) is -1.77. The fraction of sp³-hybridized carbons (Fsp3) is 0.786. The third-order valence-electron chi connectivity index (χ3n) is 3.73. The second-order valence-corrected chi connectivity index (χ2v) is 5.82. The quantitative estimate of drug-likeness (QED) is 0.647. The van der Waals surface area contributed by atoms with Crippen LogP contribution in [-0.4, -0.2) is 101 Å². The molecule has 126 valence electrons. The molecule has 1 heterocycles. The highest BCUT2D eigenvalue weighted by Gasteiger charge is 2.24. The first kappa shape index (κ1) is 18.5. The van der Waals surface area contributed by atoms with Crippen molar-refractivity contribution in [2.45, 2.75) is 19.9 Å². The first-order valence-corrected chi connectivity index (χ1v) is 7.39. The molecule has 1 atom stereocenters. The van der Waals surface area contributed by atoms with Gasteiger partial charge in [0.05, 0.1) is 19.6 Å². The summed E-state index contributed by atoms with van der Waals surface area (Å²) in [4.78, 5) is 38.8. The van der Waals surface area contributed by atoms with Crippen molar-refractivity contribution in [1.82, 2.24) is 14.7 Å². The van der Waals surface area contributed by atoms with Crippen LogP contribution in [0.3, 0.4) is 0 Å². The van der Waals surface area contributed by atoms with Crippen molar-refractivity contribution >= 4 is 17.7 Å². The first-order valence-electron chi connectivity index (χ1n) is 7.39. The van der Waals surface area contributed by atoms with Crippen LogP contribution in [-0.2, 0) is 14.4 Å². The summed E-state index contributed by atoms with van der Waals surface area (Å²) in [5, 5.41) is 17.9. The highest BCUT2D eigenvalue weighted by Crippen LogP contribution is 2.07. The van der Waals surface area contributed by atoms with Crippen molar-refractivity contribution < 1.29 is 24.6 Å². The minimum absolute atomic E-state index is 0.0352. The molecular formula is C14H25N3O5. The Kier molecular flexibility index (Phi) is 7.43. The van der Waals surface area contributed by atoms with Crippen LogP contribution in [0, 0.1) is 0 Å². The molecule has 1 aliphatic heterocycles.